The van der Waals surface area contributed by atoms with Gasteiger partial charge in [0.25, 0.3) is 0 Å². The minimum atomic E-state index is -1.74. The number of aliphatic carboxylic acids is 1. The highest BCUT2D eigenvalue weighted by Gasteiger charge is 2.28. The number of nitrogens with one attached hydrogen (secondary N) is 1. The molecule has 3 N–H and O–H groups in total. The SMILES string of the molecule is CC(=Cc1ccccc1)C(=O)N[C@@H](c1ccccc1)[C@@H](O)C(=O)O. The van der Waals surface area contributed by atoms with Crippen LogP contribution in [-0.2, 0) is 9.59 Å². The lowest BCUT2D eigenvalue weighted by molar-refractivity contribution is -0.148. The Balaban J connectivity index is 2.21. The summed E-state index contributed by atoms with van der Waals surface area (Å²) >= 11 is 0. The molecule has 2 rings (SSSR count). The first-order valence-corrected chi connectivity index (χ1v) is 7.49. The van der Waals surface area contributed by atoms with Gasteiger partial charge in [-0.25, -0.2) is 4.79 Å². The third kappa shape index (κ3) is 4.54. The van der Waals surface area contributed by atoms with Gasteiger partial charge in [0.15, 0.2) is 6.10 Å². The Morgan fingerprint density at radius 2 is 1.54 bits per heavy atom. The fourth-order valence-electron chi connectivity index (χ4n) is 2.27. The standard InChI is InChI=1S/C19H19NO4/c1-13(12-14-8-4-2-5-9-14)18(22)20-16(17(21)19(23)24)15-10-6-3-7-11-15/h2-12,16-17,21H,1H3,(H,20,22)(H,23,24)/t16-,17+/m0/s1. The van der Waals surface area contributed by atoms with E-state index in [1.54, 1.807) is 43.3 Å². The van der Waals surface area contributed by atoms with Gasteiger partial charge in [0.2, 0.25) is 5.91 Å². The second-order valence-corrected chi connectivity index (χ2v) is 5.38. The van der Waals surface area contributed by atoms with Crippen molar-refractivity contribution < 1.29 is 19.8 Å². The van der Waals surface area contributed by atoms with Crippen LogP contribution in [0, 0.1) is 0 Å². The van der Waals surface area contributed by atoms with E-state index in [1.807, 2.05) is 30.3 Å². The van der Waals surface area contributed by atoms with Crippen LogP contribution in [0.15, 0.2) is 66.2 Å². The number of hydrogen-bond acceptors (Lipinski definition) is 3. The van der Waals surface area contributed by atoms with Crippen LogP contribution in [0.4, 0.5) is 0 Å². The van der Waals surface area contributed by atoms with Crippen molar-refractivity contribution >= 4 is 18.0 Å². The van der Waals surface area contributed by atoms with Gasteiger partial charge in [0.05, 0.1) is 6.04 Å². The lowest BCUT2D eigenvalue weighted by Crippen LogP contribution is -2.40. The van der Waals surface area contributed by atoms with Gasteiger partial charge < -0.3 is 15.5 Å². The second kappa shape index (κ2) is 8.08. The fourth-order valence-corrected chi connectivity index (χ4v) is 2.27. The minimum Gasteiger partial charge on any atom is -0.479 e. The molecule has 2 atom stereocenters. The minimum absolute atomic E-state index is 0.416. The molecular weight excluding hydrogens is 306 g/mol. The zero-order valence-electron chi connectivity index (χ0n) is 13.2. The van der Waals surface area contributed by atoms with Crippen molar-refractivity contribution in [2.45, 2.75) is 19.1 Å². The maximum absolute atomic E-state index is 12.4. The van der Waals surface area contributed by atoms with Gasteiger partial charge in [-0.15, -0.1) is 0 Å². The molecule has 0 fully saturated rings. The Morgan fingerprint density at radius 1 is 1.00 bits per heavy atom. The molecule has 0 aliphatic carbocycles. The molecule has 0 heterocycles. The maximum atomic E-state index is 12.4. The smallest absolute Gasteiger partial charge is 0.335 e. The molecule has 5 heteroatoms. The van der Waals surface area contributed by atoms with Crippen molar-refractivity contribution in [1.29, 1.82) is 0 Å². The van der Waals surface area contributed by atoms with Crippen molar-refractivity contribution in [1.82, 2.24) is 5.32 Å². The number of carboxylic acid groups (broad SMARTS) is 1. The van der Waals surface area contributed by atoms with Crippen LogP contribution in [-0.4, -0.2) is 28.2 Å². The van der Waals surface area contributed by atoms with E-state index in [0.29, 0.717) is 11.1 Å². The molecule has 5 nitrogen and oxygen atoms in total. The Kier molecular flexibility index (Phi) is 5.87. The van der Waals surface area contributed by atoms with Gasteiger partial charge in [-0.3, -0.25) is 4.79 Å². The van der Waals surface area contributed by atoms with Crippen molar-refractivity contribution in [2.24, 2.45) is 0 Å². The second-order valence-electron chi connectivity index (χ2n) is 5.38. The van der Waals surface area contributed by atoms with E-state index < -0.39 is 24.0 Å². The molecule has 0 unspecified atom stereocenters. The normalized spacial score (nSPS) is 13.8. The quantitative estimate of drug-likeness (QED) is 0.712. The molecule has 24 heavy (non-hydrogen) atoms. The summed E-state index contributed by atoms with van der Waals surface area (Å²) in [6.07, 6.45) is -0.0364. The molecule has 0 aliphatic heterocycles. The maximum Gasteiger partial charge on any atom is 0.335 e. The van der Waals surface area contributed by atoms with Crippen LogP contribution in [0.1, 0.15) is 24.1 Å². The summed E-state index contributed by atoms with van der Waals surface area (Å²) in [7, 11) is 0. The number of aliphatic hydroxyl groups excluding tert-OH is 1. The van der Waals surface area contributed by atoms with Gasteiger partial charge >= 0.3 is 5.97 Å². The van der Waals surface area contributed by atoms with E-state index in [1.165, 1.54) is 0 Å². The monoisotopic (exact) mass is 325 g/mol. The van der Waals surface area contributed by atoms with Gasteiger partial charge in [-0.05, 0) is 24.1 Å². The third-order valence-corrected chi connectivity index (χ3v) is 3.55. The van der Waals surface area contributed by atoms with Crippen molar-refractivity contribution in [3.05, 3.63) is 77.4 Å². The molecule has 0 aliphatic rings. The highest BCUT2D eigenvalue weighted by molar-refractivity contribution is 5.97. The van der Waals surface area contributed by atoms with Crippen molar-refractivity contribution in [2.75, 3.05) is 0 Å². The number of benzene rings is 2. The average Bonchev–Trinajstić information content (AvgIpc) is 2.60. The van der Waals surface area contributed by atoms with Gasteiger partial charge in [0.1, 0.15) is 0 Å². The zero-order chi connectivity index (χ0) is 17.5. The Labute approximate surface area is 140 Å². The van der Waals surface area contributed by atoms with Crippen LogP contribution in [0.5, 0.6) is 0 Å². The highest BCUT2D eigenvalue weighted by atomic mass is 16.4. The number of carbonyl (C=O) groups is 2. The number of carboxylic acids is 1. The van der Waals surface area contributed by atoms with E-state index in [2.05, 4.69) is 5.32 Å². The zero-order valence-corrected chi connectivity index (χ0v) is 13.2. The predicted octanol–water partition coefficient (Wildman–Crippen LogP) is 2.39. The Hall–Kier alpha value is -2.92. The van der Waals surface area contributed by atoms with Crippen LogP contribution in [0.2, 0.25) is 0 Å². The summed E-state index contributed by atoms with van der Waals surface area (Å²) in [6.45, 7) is 1.64. The van der Waals surface area contributed by atoms with Crippen molar-refractivity contribution in [3.63, 3.8) is 0 Å². The third-order valence-electron chi connectivity index (χ3n) is 3.55. The van der Waals surface area contributed by atoms with Gasteiger partial charge in [0, 0.05) is 5.57 Å². The molecule has 0 aromatic heterocycles. The molecule has 0 radical (unpaired) electrons. The summed E-state index contributed by atoms with van der Waals surface area (Å²) in [6, 6.07) is 16.8. The predicted molar refractivity (Wildman–Crippen MR) is 91.1 cm³/mol. The van der Waals surface area contributed by atoms with E-state index in [9.17, 15) is 14.7 Å². The lowest BCUT2D eigenvalue weighted by Gasteiger charge is -2.22. The largest absolute Gasteiger partial charge is 0.479 e. The first kappa shape index (κ1) is 17.4. The van der Waals surface area contributed by atoms with Crippen LogP contribution < -0.4 is 5.32 Å². The van der Waals surface area contributed by atoms with Crippen LogP contribution >= 0.6 is 0 Å². The molecule has 0 saturated carbocycles. The van der Waals surface area contributed by atoms with Gasteiger partial charge in [-0.2, -0.15) is 0 Å². The molecular formula is C19H19NO4. The number of carbonyl (C=O) groups excluding carboxylic acids is 1. The van der Waals surface area contributed by atoms with E-state index in [0.717, 1.165) is 5.56 Å². The first-order valence-electron chi connectivity index (χ1n) is 7.49. The number of amides is 1. The van der Waals surface area contributed by atoms with Gasteiger partial charge in [-0.1, -0.05) is 60.7 Å². The molecule has 2 aromatic carbocycles. The summed E-state index contributed by atoms with van der Waals surface area (Å²) in [5.74, 6) is -1.83. The number of hydrogen-bond donors (Lipinski definition) is 3. The van der Waals surface area contributed by atoms with E-state index in [4.69, 9.17) is 5.11 Å². The number of rotatable bonds is 6. The molecule has 1 amide bonds. The first-order chi connectivity index (χ1) is 11.5. The van der Waals surface area contributed by atoms with Crippen LogP contribution in [0.25, 0.3) is 6.08 Å². The van der Waals surface area contributed by atoms with Crippen LogP contribution in [0.3, 0.4) is 0 Å². The Morgan fingerprint density at radius 3 is 2.08 bits per heavy atom. The highest BCUT2D eigenvalue weighted by Crippen LogP contribution is 2.18. The summed E-state index contributed by atoms with van der Waals surface area (Å²) < 4.78 is 0. The molecule has 0 spiro atoms. The van der Waals surface area contributed by atoms with E-state index >= 15 is 0 Å². The summed E-state index contributed by atoms with van der Waals surface area (Å²) in [4.78, 5) is 23.5. The Bertz CT molecular complexity index is 726. The fraction of sp³-hybridized carbons (Fsp3) is 0.158. The summed E-state index contributed by atoms with van der Waals surface area (Å²) in [5, 5.41) is 21.6. The summed E-state index contributed by atoms with van der Waals surface area (Å²) in [5.41, 5.74) is 1.80. The average molecular weight is 325 g/mol. The van der Waals surface area contributed by atoms with Crippen molar-refractivity contribution in [3.8, 4) is 0 Å². The molecule has 0 saturated heterocycles. The number of aliphatic hydroxyl groups is 1. The van der Waals surface area contributed by atoms with E-state index in [-0.39, 0.29) is 0 Å². The molecule has 2 aromatic rings. The molecule has 124 valence electrons. The molecule has 0 bridgehead atoms. The topological polar surface area (TPSA) is 86.6 Å². The lowest BCUT2D eigenvalue weighted by atomic mass is 10.0.